The lowest BCUT2D eigenvalue weighted by Crippen LogP contribution is -2.40. The number of carbonyl (C=O) groups excluding carboxylic acids is 2. The Morgan fingerprint density at radius 3 is 2.32 bits per heavy atom. The first-order valence-corrected chi connectivity index (χ1v) is 11.5. The minimum Gasteiger partial charge on any atom is -0.349 e. The van der Waals surface area contributed by atoms with E-state index in [1.165, 1.54) is 5.56 Å². The number of nitrogens with two attached hydrogens (primary N) is 1. The first-order valence-electron chi connectivity index (χ1n) is 10.7. The molecule has 0 spiro atoms. The number of rotatable bonds is 7. The molecule has 6 heteroatoms. The van der Waals surface area contributed by atoms with E-state index in [9.17, 15) is 9.59 Å². The summed E-state index contributed by atoms with van der Waals surface area (Å²) in [5, 5.41) is 2.07. The van der Waals surface area contributed by atoms with Crippen LogP contribution in [-0.4, -0.2) is 17.1 Å². The molecule has 0 aliphatic rings. The first-order chi connectivity index (χ1) is 14.8. The average Bonchev–Trinajstić information content (AvgIpc) is 3.17. The zero-order chi connectivity index (χ0) is 22.5. The van der Waals surface area contributed by atoms with Gasteiger partial charge in [-0.1, -0.05) is 63.2 Å². The van der Waals surface area contributed by atoms with E-state index in [0.717, 1.165) is 32.0 Å². The van der Waals surface area contributed by atoms with Gasteiger partial charge in [-0.3, -0.25) is 0 Å². The molecule has 2 aromatic carbocycles. The fourth-order valence-corrected chi connectivity index (χ4v) is 4.79. The van der Waals surface area contributed by atoms with Crippen LogP contribution in [-0.2, 0) is 16.1 Å². The Morgan fingerprint density at radius 2 is 1.74 bits per heavy atom. The van der Waals surface area contributed by atoms with Crippen LogP contribution in [0, 0.1) is 5.92 Å². The van der Waals surface area contributed by atoms with Crippen LogP contribution in [0.25, 0.3) is 10.1 Å². The highest BCUT2D eigenvalue weighted by Gasteiger charge is 2.29. The van der Waals surface area contributed by atoms with Crippen LogP contribution in [0.15, 0.2) is 54.6 Å². The molecule has 2 N–H and O–H groups in total. The Balaban J connectivity index is 1.77. The monoisotopic (exact) mass is 438 g/mol. The summed E-state index contributed by atoms with van der Waals surface area (Å²) in [7, 11) is 0. The highest BCUT2D eigenvalue weighted by atomic mass is 32.1. The molecule has 2 unspecified atom stereocenters. The fourth-order valence-electron chi connectivity index (χ4n) is 3.70. The van der Waals surface area contributed by atoms with Gasteiger partial charge in [-0.15, -0.1) is 16.4 Å². The van der Waals surface area contributed by atoms with E-state index in [-0.39, 0.29) is 0 Å². The molecule has 1 aromatic heterocycles. The highest BCUT2D eigenvalue weighted by molar-refractivity contribution is 7.19. The van der Waals surface area contributed by atoms with Gasteiger partial charge in [0.15, 0.2) is 0 Å². The van der Waals surface area contributed by atoms with Gasteiger partial charge >= 0.3 is 12.0 Å². The zero-order valence-corrected chi connectivity index (χ0v) is 19.3. The third kappa shape index (κ3) is 5.44. The third-order valence-electron chi connectivity index (χ3n) is 5.33. The molecule has 1 heterocycles. The maximum absolute atomic E-state index is 13.0. The number of hydroxylamine groups is 2. The standard InChI is InChI=1S/C25H30N2O3S/c1-5-21(19-12-10-18(11-13-19)14-16(2)3)24(28)30-27(25(26)29)17(4)23-15-20-8-6-7-9-22(20)31-23/h6-13,15-17,21H,5,14H2,1-4H3,(H2,26,29). The third-order valence-corrected chi connectivity index (χ3v) is 6.62. The molecule has 2 atom stereocenters. The molecule has 0 radical (unpaired) electrons. The molecule has 0 fully saturated rings. The highest BCUT2D eigenvalue weighted by Crippen LogP contribution is 2.33. The van der Waals surface area contributed by atoms with E-state index in [0.29, 0.717) is 12.3 Å². The maximum Gasteiger partial charge on any atom is 0.348 e. The van der Waals surface area contributed by atoms with Crippen molar-refractivity contribution in [2.75, 3.05) is 0 Å². The summed E-state index contributed by atoms with van der Waals surface area (Å²) >= 11 is 1.55. The maximum atomic E-state index is 13.0. The van der Waals surface area contributed by atoms with Gasteiger partial charge in [-0.25, -0.2) is 9.59 Å². The molecule has 0 saturated carbocycles. The van der Waals surface area contributed by atoms with Gasteiger partial charge < -0.3 is 10.6 Å². The number of thiophene rings is 1. The lowest BCUT2D eigenvalue weighted by atomic mass is 9.94. The van der Waals surface area contributed by atoms with Crippen molar-refractivity contribution in [2.24, 2.45) is 11.7 Å². The normalized spacial score (nSPS) is 13.2. The van der Waals surface area contributed by atoms with Gasteiger partial charge in [-0.05, 0) is 54.3 Å². The van der Waals surface area contributed by atoms with E-state index in [1.54, 1.807) is 11.3 Å². The smallest absolute Gasteiger partial charge is 0.348 e. The van der Waals surface area contributed by atoms with Gasteiger partial charge in [0.2, 0.25) is 0 Å². The number of carbonyl (C=O) groups is 2. The minimum absolute atomic E-state index is 0.468. The summed E-state index contributed by atoms with van der Waals surface area (Å²) in [6.07, 6.45) is 1.55. The molecule has 3 aromatic rings. The molecule has 5 nitrogen and oxygen atoms in total. The second-order valence-corrected chi connectivity index (χ2v) is 9.35. The Bertz CT molecular complexity index is 1010. The molecule has 164 valence electrons. The van der Waals surface area contributed by atoms with Crippen LogP contribution >= 0.6 is 11.3 Å². The van der Waals surface area contributed by atoms with Crippen LogP contribution in [0.2, 0.25) is 0 Å². The van der Waals surface area contributed by atoms with E-state index in [2.05, 4.69) is 26.0 Å². The van der Waals surface area contributed by atoms with Crippen molar-refractivity contribution in [1.29, 1.82) is 0 Å². The van der Waals surface area contributed by atoms with Crippen molar-refractivity contribution in [3.05, 3.63) is 70.6 Å². The molecule has 31 heavy (non-hydrogen) atoms. The second kappa shape index (κ2) is 9.96. The molecule has 0 bridgehead atoms. The van der Waals surface area contributed by atoms with Crippen molar-refractivity contribution in [1.82, 2.24) is 5.06 Å². The van der Waals surface area contributed by atoms with Gasteiger partial charge in [-0.2, -0.15) is 0 Å². The molecular formula is C25H30N2O3S. The van der Waals surface area contributed by atoms with Crippen molar-refractivity contribution in [2.45, 2.75) is 52.5 Å². The lowest BCUT2D eigenvalue weighted by Gasteiger charge is -2.26. The van der Waals surface area contributed by atoms with Crippen molar-refractivity contribution in [3.8, 4) is 0 Å². The minimum atomic E-state index is -0.791. The predicted molar refractivity (Wildman–Crippen MR) is 126 cm³/mol. The Kier molecular flexibility index (Phi) is 7.33. The van der Waals surface area contributed by atoms with E-state index >= 15 is 0 Å². The number of benzene rings is 2. The van der Waals surface area contributed by atoms with Crippen molar-refractivity contribution < 1.29 is 14.4 Å². The number of amides is 2. The number of primary amides is 1. The van der Waals surface area contributed by atoms with Gasteiger partial charge in [0.1, 0.15) is 6.04 Å². The number of urea groups is 1. The van der Waals surface area contributed by atoms with Gasteiger partial charge in [0, 0.05) is 9.58 Å². The number of hydrogen-bond donors (Lipinski definition) is 1. The first kappa shape index (κ1) is 22.8. The van der Waals surface area contributed by atoms with E-state index in [1.807, 2.05) is 56.3 Å². The van der Waals surface area contributed by atoms with Crippen molar-refractivity contribution >= 4 is 33.4 Å². The molecule has 3 rings (SSSR count). The van der Waals surface area contributed by atoms with Gasteiger partial charge in [0.05, 0.1) is 5.92 Å². The average molecular weight is 439 g/mol. The summed E-state index contributed by atoms with van der Waals surface area (Å²) in [5.41, 5.74) is 7.69. The molecule has 0 aliphatic carbocycles. The number of nitrogens with zero attached hydrogens (tertiary/aromatic N) is 1. The largest absolute Gasteiger partial charge is 0.349 e. The van der Waals surface area contributed by atoms with Crippen LogP contribution in [0.1, 0.15) is 62.1 Å². The molecule has 0 aliphatic heterocycles. The molecular weight excluding hydrogens is 408 g/mol. The van der Waals surface area contributed by atoms with Crippen LogP contribution in [0.5, 0.6) is 0 Å². The Labute approximate surface area is 187 Å². The summed E-state index contributed by atoms with van der Waals surface area (Å²) in [6, 6.07) is 16.7. The van der Waals surface area contributed by atoms with E-state index in [4.69, 9.17) is 10.6 Å². The van der Waals surface area contributed by atoms with E-state index < -0.39 is 24.0 Å². The summed E-state index contributed by atoms with van der Waals surface area (Å²) in [4.78, 5) is 31.6. The second-order valence-electron chi connectivity index (χ2n) is 8.24. The zero-order valence-electron chi connectivity index (χ0n) is 18.5. The predicted octanol–water partition coefficient (Wildman–Crippen LogP) is 6.19. The Morgan fingerprint density at radius 1 is 1.06 bits per heavy atom. The summed E-state index contributed by atoms with van der Waals surface area (Å²) in [6.45, 7) is 8.09. The molecule has 0 saturated heterocycles. The Hall–Kier alpha value is -2.86. The fraction of sp³-hybridized carbons (Fsp3) is 0.360. The summed E-state index contributed by atoms with van der Waals surface area (Å²) < 4.78 is 1.10. The quantitative estimate of drug-likeness (QED) is 0.447. The van der Waals surface area contributed by atoms with Crippen molar-refractivity contribution in [3.63, 3.8) is 0 Å². The van der Waals surface area contributed by atoms with Gasteiger partial charge in [0.25, 0.3) is 0 Å². The van der Waals surface area contributed by atoms with Crippen LogP contribution in [0.4, 0.5) is 4.79 Å². The van der Waals surface area contributed by atoms with Crippen LogP contribution < -0.4 is 5.73 Å². The van der Waals surface area contributed by atoms with Crippen LogP contribution in [0.3, 0.4) is 0 Å². The SMILES string of the molecule is CCC(C(=O)ON(C(N)=O)C(C)c1cc2ccccc2s1)c1ccc(CC(C)C)cc1. The number of fused-ring (bicyclic) bond motifs is 1. The molecule has 2 amide bonds. The topological polar surface area (TPSA) is 72.6 Å². The number of hydrogen-bond acceptors (Lipinski definition) is 4. The summed E-state index contributed by atoms with van der Waals surface area (Å²) in [5.74, 6) is -0.382. The lowest BCUT2D eigenvalue weighted by molar-refractivity contribution is -0.185.